The van der Waals surface area contributed by atoms with Gasteiger partial charge in [-0.2, -0.15) is 0 Å². The fourth-order valence-corrected chi connectivity index (χ4v) is 4.44. The number of hydrogen-bond donors (Lipinski definition) is 2. The maximum absolute atomic E-state index is 11.2. The van der Waals surface area contributed by atoms with Gasteiger partial charge in [0.05, 0.1) is 23.5 Å². The van der Waals surface area contributed by atoms with E-state index in [2.05, 4.69) is 16.7 Å². The Bertz CT molecular complexity index is 662. The Hall–Kier alpha value is -1.48. The average Bonchev–Trinajstić information content (AvgIpc) is 3.25. The van der Waals surface area contributed by atoms with E-state index < -0.39 is 6.29 Å². The fourth-order valence-electron chi connectivity index (χ4n) is 3.84. The van der Waals surface area contributed by atoms with E-state index in [1.165, 1.54) is 30.7 Å². The lowest BCUT2D eigenvalue weighted by molar-refractivity contribution is -0.173. The van der Waals surface area contributed by atoms with Gasteiger partial charge in [0.2, 0.25) is 0 Å². The number of carbonyl (C=O) groups excluding carboxylic acids is 1. The van der Waals surface area contributed by atoms with Crippen LogP contribution in [-0.2, 0) is 14.3 Å². The molecule has 1 saturated heterocycles. The van der Waals surface area contributed by atoms with Gasteiger partial charge in [0.1, 0.15) is 6.61 Å². The van der Waals surface area contributed by atoms with E-state index in [-0.39, 0.29) is 18.4 Å². The predicted molar refractivity (Wildman–Crippen MR) is 111 cm³/mol. The Labute approximate surface area is 170 Å². The van der Waals surface area contributed by atoms with Gasteiger partial charge in [-0.15, -0.1) is 11.8 Å². The second kappa shape index (κ2) is 10.9. The summed E-state index contributed by atoms with van der Waals surface area (Å²) in [5.41, 5.74) is 3.97. The topological polar surface area (TPSA) is 98.8 Å². The third-order valence-corrected chi connectivity index (χ3v) is 6.15. The van der Waals surface area contributed by atoms with E-state index in [0.29, 0.717) is 13.0 Å². The van der Waals surface area contributed by atoms with Crippen molar-refractivity contribution in [3.63, 3.8) is 0 Å². The first-order valence-electron chi connectivity index (χ1n) is 9.98. The van der Waals surface area contributed by atoms with Gasteiger partial charge in [-0.1, -0.05) is 25.7 Å². The van der Waals surface area contributed by atoms with Crippen molar-refractivity contribution in [1.29, 1.82) is 0 Å². The van der Waals surface area contributed by atoms with Crippen LogP contribution in [0.15, 0.2) is 23.3 Å². The van der Waals surface area contributed by atoms with Crippen molar-refractivity contribution in [2.24, 2.45) is 16.8 Å². The number of amides is 1. The summed E-state index contributed by atoms with van der Waals surface area (Å²) in [4.78, 5) is 20.7. The number of ether oxygens (including phenoxy) is 2. The minimum absolute atomic E-state index is 0.104. The lowest BCUT2D eigenvalue weighted by Gasteiger charge is -2.28. The number of carbonyl (C=O) groups is 1. The van der Waals surface area contributed by atoms with Crippen LogP contribution in [0, 0.1) is 5.92 Å². The number of nitrogens with one attached hydrogen (secondary N) is 1. The molecular formula is C20H30N4O3S. The Kier molecular flexibility index (Phi) is 8.27. The van der Waals surface area contributed by atoms with E-state index in [1.54, 1.807) is 11.8 Å². The van der Waals surface area contributed by atoms with Crippen molar-refractivity contribution in [3.05, 3.63) is 24.0 Å². The standard InChI is InChI=1S/C20H30N4O3S/c1-28-19(10-14-4-2-3-5-14)23-16-6-7-17(22-12-16)15-8-9-26-20(11-15)27-13-18(25)24-21/h6-7,12,14-15,20H,2-5,8-11,13,21H2,1H3,(H,24,25). The minimum atomic E-state index is -0.412. The molecule has 0 radical (unpaired) electrons. The maximum atomic E-state index is 11.2. The van der Waals surface area contributed by atoms with E-state index in [1.807, 2.05) is 18.3 Å². The molecule has 1 aliphatic carbocycles. The molecular weight excluding hydrogens is 376 g/mol. The summed E-state index contributed by atoms with van der Waals surface area (Å²) in [5.74, 6) is 5.74. The van der Waals surface area contributed by atoms with Crippen LogP contribution in [0.1, 0.15) is 56.6 Å². The second-order valence-corrected chi connectivity index (χ2v) is 8.29. The Morgan fingerprint density at radius 3 is 2.89 bits per heavy atom. The lowest BCUT2D eigenvalue weighted by Crippen LogP contribution is -2.36. The molecule has 8 heteroatoms. The summed E-state index contributed by atoms with van der Waals surface area (Å²) in [7, 11) is 0. The zero-order valence-corrected chi connectivity index (χ0v) is 17.2. The predicted octanol–water partition coefficient (Wildman–Crippen LogP) is 3.28. The van der Waals surface area contributed by atoms with Gasteiger partial charge in [0.15, 0.2) is 6.29 Å². The molecule has 1 aromatic heterocycles. The van der Waals surface area contributed by atoms with Crippen molar-refractivity contribution in [3.8, 4) is 0 Å². The van der Waals surface area contributed by atoms with Gasteiger partial charge in [-0.25, -0.2) is 10.8 Å². The second-order valence-electron chi connectivity index (χ2n) is 7.41. The molecule has 2 atom stereocenters. The van der Waals surface area contributed by atoms with Crippen LogP contribution < -0.4 is 11.3 Å². The molecule has 1 aliphatic heterocycles. The molecule has 2 heterocycles. The number of hydrazine groups is 1. The van der Waals surface area contributed by atoms with Gasteiger partial charge < -0.3 is 9.47 Å². The molecule has 2 aliphatic rings. The van der Waals surface area contributed by atoms with E-state index >= 15 is 0 Å². The molecule has 1 aromatic rings. The van der Waals surface area contributed by atoms with Gasteiger partial charge in [-0.05, 0) is 37.1 Å². The minimum Gasteiger partial charge on any atom is -0.353 e. The first-order chi connectivity index (χ1) is 13.7. The van der Waals surface area contributed by atoms with E-state index in [0.717, 1.165) is 30.1 Å². The summed E-state index contributed by atoms with van der Waals surface area (Å²) < 4.78 is 11.1. The summed E-state index contributed by atoms with van der Waals surface area (Å²) in [6, 6.07) is 4.09. The smallest absolute Gasteiger partial charge is 0.259 e. The van der Waals surface area contributed by atoms with Crippen molar-refractivity contribution in [2.75, 3.05) is 19.5 Å². The highest BCUT2D eigenvalue weighted by Gasteiger charge is 2.26. The third kappa shape index (κ3) is 6.27. The molecule has 1 saturated carbocycles. The molecule has 0 aromatic carbocycles. The quantitative estimate of drug-likeness (QED) is 0.237. The largest absolute Gasteiger partial charge is 0.353 e. The summed E-state index contributed by atoms with van der Waals surface area (Å²) in [6.07, 6.45) is 11.6. The molecule has 2 fully saturated rings. The molecule has 1 amide bonds. The normalized spacial score (nSPS) is 23.7. The summed E-state index contributed by atoms with van der Waals surface area (Å²) in [5, 5.41) is 1.19. The Morgan fingerprint density at radius 1 is 1.39 bits per heavy atom. The van der Waals surface area contributed by atoms with Gasteiger partial charge in [0.25, 0.3) is 5.91 Å². The zero-order valence-electron chi connectivity index (χ0n) is 16.4. The monoisotopic (exact) mass is 406 g/mol. The van der Waals surface area contributed by atoms with E-state index in [9.17, 15) is 4.79 Å². The first-order valence-corrected chi connectivity index (χ1v) is 11.2. The Balaban J connectivity index is 1.56. The number of rotatable bonds is 7. The highest BCUT2D eigenvalue weighted by Crippen LogP contribution is 2.32. The van der Waals surface area contributed by atoms with Gasteiger partial charge in [-0.3, -0.25) is 15.2 Å². The van der Waals surface area contributed by atoms with Crippen LogP contribution in [-0.4, -0.2) is 41.7 Å². The number of nitrogens with two attached hydrogens (primary N) is 1. The number of hydrogen-bond acceptors (Lipinski definition) is 7. The highest BCUT2D eigenvalue weighted by molar-refractivity contribution is 8.13. The molecule has 0 spiro atoms. The van der Waals surface area contributed by atoms with Gasteiger partial charge in [0, 0.05) is 18.0 Å². The molecule has 154 valence electrons. The highest BCUT2D eigenvalue weighted by atomic mass is 32.2. The van der Waals surface area contributed by atoms with Crippen LogP contribution in [0.2, 0.25) is 0 Å². The fraction of sp³-hybridized carbons (Fsp3) is 0.650. The molecule has 7 nitrogen and oxygen atoms in total. The Morgan fingerprint density at radius 2 is 2.21 bits per heavy atom. The van der Waals surface area contributed by atoms with Crippen molar-refractivity contribution < 1.29 is 14.3 Å². The van der Waals surface area contributed by atoms with E-state index in [4.69, 9.17) is 20.3 Å². The van der Waals surface area contributed by atoms with Crippen molar-refractivity contribution in [1.82, 2.24) is 10.4 Å². The molecule has 28 heavy (non-hydrogen) atoms. The third-order valence-electron chi connectivity index (χ3n) is 5.42. The van der Waals surface area contributed by atoms with Crippen molar-refractivity contribution >= 4 is 28.4 Å². The maximum Gasteiger partial charge on any atom is 0.259 e. The van der Waals surface area contributed by atoms with Crippen LogP contribution in [0.4, 0.5) is 5.69 Å². The van der Waals surface area contributed by atoms with Crippen LogP contribution in [0.3, 0.4) is 0 Å². The molecule has 3 N–H and O–H groups in total. The van der Waals surface area contributed by atoms with Crippen LogP contribution in [0.25, 0.3) is 0 Å². The number of pyridine rings is 1. The van der Waals surface area contributed by atoms with Gasteiger partial charge >= 0.3 is 0 Å². The first kappa shape index (κ1) is 21.2. The van der Waals surface area contributed by atoms with Crippen LogP contribution in [0.5, 0.6) is 0 Å². The average molecular weight is 407 g/mol. The number of aromatic nitrogens is 1. The number of thioether (sulfide) groups is 1. The lowest BCUT2D eigenvalue weighted by atomic mass is 9.95. The molecule has 2 unspecified atom stereocenters. The zero-order chi connectivity index (χ0) is 19.8. The summed E-state index contributed by atoms with van der Waals surface area (Å²) >= 11 is 1.74. The summed E-state index contributed by atoms with van der Waals surface area (Å²) in [6.45, 7) is 0.479. The molecule has 3 rings (SSSR count). The SMILES string of the molecule is CSC(CC1CCCC1)=Nc1ccc(C2CCOC(OCC(=O)NN)C2)nc1. The molecule has 0 bridgehead atoms. The van der Waals surface area contributed by atoms with Crippen LogP contribution >= 0.6 is 11.8 Å². The number of aliphatic imine (C=N–C) groups is 1. The van der Waals surface area contributed by atoms with Crippen molar-refractivity contribution in [2.45, 2.75) is 57.2 Å². The number of nitrogens with zero attached hydrogens (tertiary/aromatic N) is 2.